The van der Waals surface area contributed by atoms with Crippen LogP contribution in [-0.4, -0.2) is 24.3 Å². The van der Waals surface area contributed by atoms with Gasteiger partial charge in [-0.15, -0.1) is 0 Å². The smallest absolute Gasteiger partial charge is 0.275 e. The summed E-state index contributed by atoms with van der Waals surface area (Å²) in [5.41, 5.74) is 3.01. The average molecular weight is 389 g/mol. The third-order valence-electron chi connectivity index (χ3n) is 3.78. The second-order valence-electron chi connectivity index (χ2n) is 5.39. The lowest BCUT2D eigenvalue weighted by Gasteiger charge is -2.09. The summed E-state index contributed by atoms with van der Waals surface area (Å²) in [4.78, 5) is 12.2. The zero-order valence-corrected chi connectivity index (χ0v) is 15.2. The maximum absolute atomic E-state index is 12.2. The van der Waals surface area contributed by atoms with Gasteiger partial charge < -0.3 is 9.84 Å². The Balaban J connectivity index is 1.90. The zero-order valence-electron chi connectivity index (χ0n) is 13.7. The van der Waals surface area contributed by atoms with E-state index in [1.165, 1.54) is 18.3 Å². The lowest BCUT2D eigenvalue weighted by molar-refractivity contribution is 0.0952. The maximum atomic E-state index is 12.2. The number of nitrogens with zero attached hydrogens (tertiary/aromatic N) is 1. The van der Waals surface area contributed by atoms with E-state index < -0.39 is 5.91 Å². The van der Waals surface area contributed by atoms with Crippen LogP contribution >= 0.6 is 23.2 Å². The normalized spacial score (nSPS) is 11.0. The molecular weight excluding hydrogens is 375 g/mol. The van der Waals surface area contributed by atoms with Gasteiger partial charge in [0.2, 0.25) is 0 Å². The summed E-state index contributed by atoms with van der Waals surface area (Å²) in [6, 6.07) is 14.2. The van der Waals surface area contributed by atoms with E-state index in [0.29, 0.717) is 5.75 Å². The first kappa shape index (κ1) is 18.0. The van der Waals surface area contributed by atoms with Crippen molar-refractivity contribution >= 4 is 46.1 Å². The number of hydrogen-bond donors (Lipinski definition) is 2. The zero-order chi connectivity index (χ0) is 18.7. The van der Waals surface area contributed by atoms with E-state index in [2.05, 4.69) is 10.5 Å². The predicted molar refractivity (Wildman–Crippen MR) is 104 cm³/mol. The van der Waals surface area contributed by atoms with Crippen molar-refractivity contribution in [2.75, 3.05) is 7.11 Å². The molecule has 26 heavy (non-hydrogen) atoms. The largest absolute Gasteiger partial charge is 0.506 e. The van der Waals surface area contributed by atoms with Crippen molar-refractivity contribution in [2.24, 2.45) is 5.10 Å². The van der Waals surface area contributed by atoms with Gasteiger partial charge in [0.25, 0.3) is 5.91 Å². The van der Waals surface area contributed by atoms with Gasteiger partial charge in [0.15, 0.2) is 0 Å². The minimum Gasteiger partial charge on any atom is -0.506 e. The van der Waals surface area contributed by atoms with Crippen LogP contribution in [0.1, 0.15) is 15.9 Å². The van der Waals surface area contributed by atoms with E-state index in [9.17, 15) is 9.90 Å². The minimum absolute atomic E-state index is 0.0117. The molecule has 0 atom stereocenters. The molecule has 0 spiro atoms. The second-order valence-corrected chi connectivity index (χ2v) is 6.23. The Morgan fingerprint density at radius 1 is 1.19 bits per heavy atom. The van der Waals surface area contributed by atoms with Crippen LogP contribution in [0.2, 0.25) is 10.0 Å². The molecule has 0 unspecified atom stereocenters. The molecule has 0 heterocycles. The number of halogens is 2. The molecular formula is C19H14Cl2N2O3. The van der Waals surface area contributed by atoms with Crippen molar-refractivity contribution in [1.82, 2.24) is 5.43 Å². The molecule has 0 aliphatic heterocycles. The monoisotopic (exact) mass is 388 g/mol. The van der Waals surface area contributed by atoms with E-state index in [4.69, 9.17) is 27.9 Å². The van der Waals surface area contributed by atoms with Crippen molar-refractivity contribution in [3.8, 4) is 11.5 Å². The van der Waals surface area contributed by atoms with Gasteiger partial charge >= 0.3 is 0 Å². The molecule has 0 saturated heterocycles. The molecule has 0 radical (unpaired) electrons. The van der Waals surface area contributed by atoms with Gasteiger partial charge in [-0.05, 0) is 29.0 Å². The first-order chi connectivity index (χ1) is 12.5. The number of hydrazone groups is 1. The number of ether oxygens (including phenoxy) is 1. The highest BCUT2D eigenvalue weighted by atomic mass is 35.5. The number of aromatic hydroxyl groups is 1. The molecule has 2 N–H and O–H groups in total. The molecule has 0 saturated carbocycles. The van der Waals surface area contributed by atoms with Gasteiger partial charge in [-0.25, -0.2) is 5.43 Å². The summed E-state index contributed by atoms with van der Waals surface area (Å²) in [5, 5.41) is 16.0. The first-order valence-electron chi connectivity index (χ1n) is 7.58. The quantitative estimate of drug-likeness (QED) is 0.505. The van der Waals surface area contributed by atoms with Crippen molar-refractivity contribution < 1.29 is 14.6 Å². The molecule has 0 aromatic heterocycles. The van der Waals surface area contributed by atoms with Gasteiger partial charge in [-0.3, -0.25) is 4.79 Å². The van der Waals surface area contributed by atoms with Crippen molar-refractivity contribution in [2.45, 2.75) is 0 Å². The number of methoxy groups -OCH3 is 1. The molecule has 7 heteroatoms. The third-order valence-corrected chi connectivity index (χ3v) is 4.29. The van der Waals surface area contributed by atoms with Crippen LogP contribution in [0.15, 0.2) is 53.6 Å². The Labute approximate surface area is 159 Å². The lowest BCUT2D eigenvalue weighted by atomic mass is 10.0. The van der Waals surface area contributed by atoms with Crippen molar-refractivity contribution in [3.63, 3.8) is 0 Å². The Kier molecular flexibility index (Phi) is 5.30. The summed E-state index contributed by atoms with van der Waals surface area (Å²) < 4.78 is 5.37. The molecule has 0 fully saturated rings. The SMILES string of the molecule is COc1ccc2ccccc2c1/C=N\NC(=O)c1cc(Cl)cc(Cl)c1O. The fourth-order valence-electron chi connectivity index (χ4n) is 2.54. The number of carbonyl (C=O) groups is 1. The molecule has 5 nitrogen and oxygen atoms in total. The van der Waals surface area contributed by atoms with Gasteiger partial charge in [-0.2, -0.15) is 5.10 Å². The Hall–Kier alpha value is -2.76. The number of hydrogen-bond acceptors (Lipinski definition) is 4. The molecule has 0 bridgehead atoms. The number of phenolic OH excluding ortho intramolecular Hbond substituents is 1. The van der Waals surface area contributed by atoms with Crippen LogP contribution in [0.3, 0.4) is 0 Å². The summed E-state index contributed by atoms with van der Waals surface area (Å²) in [5.74, 6) is -0.371. The molecule has 132 valence electrons. The number of benzene rings is 3. The van der Waals surface area contributed by atoms with Gasteiger partial charge in [0, 0.05) is 10.6 Å². The first-order valence-corrected chi connectivity index (χ1v) is 8.34. The number of rotatable bonds is 4. The predicted octanol–water partition coefficient (Wildman–Crippen LogP) is 4.62. The average Bonchev–Trinajstić information content (AvgIpc) is 2.64. The molecule has 3 rings (SSSR count). The summed E-state index contributed by atoms with van der Waals surface area (Å²) >= 11 is 11.7. The summed E-state index contributed by atoms with van der Waals surface area (Å²) in [6.07, 6.45) is 1.49. The second kappa shape index (κ2) is 7.64. The molecule has 0 aliphatic rings. The Morgan fingerprint density at radius 2 is 1.96 bits per heavy atom. The number of nitrogens with one attached hydrogen (secondary N) is 1. The highest BCUT2D eigenvalue weighted by Crippen LogP contribution is 2.31. The number of fused-ring (bicyclic) bond motifs is 1. The molecule has 0 aliphatic carbocycles. The van der Waals surface area contributed by atoms with Crippen LogP contribution in [-0.2, 0) is 0 Å². The van der Waals surface area contributed by atoms with E-state index in [1.807, 2.05) is 36.4 Å². The van der Waals surface area contributed by atoms with Gasteiger partial charge in [-0.1, -0.05) is 53.5 Å². The minimum atomic E-state index is -0.637. The number of amides is 1. The topological polar surface area (TPSA) is 70.9 Å². The highest BCUT2D eigenvalue weighted by molar-refractivity contribution is 6.36. The molecule has 1 amide bonds. The number of phenols is 1. The van der Waals surface area contributed by atoms with E-state index >= 15 is 0 Å². The lowest BCUT2D eigenvalue weighted by Crippen LogP contribution is -2.18. The Bertz CT molecular complexity index is 1020. The Morgan fingerprint density at radius 3 is 2.73 bits per heavy atom. The maximum Gasteiger partial charge on any atom is 0.275 e. The van der Waals surface area contributed by atoms with Gasteiger partial charge in [0.05, 0.1) is 23.9 Å². The highest BCUT2D eigenvalue weighted by Gasteiger charge is 2.15. The van der Waals surface area contributed by atoms with Crippen LogP contribution in [0.25, 0.3) is 10.8 Å². The fourth-order valence-corrected chi connectivity index (χ4v) is 3.03. The summed E-state index contributed by atoms with van der Waals surface area (Å²) in [6.45, 7) is 0. The van der Waals surface area contributed by atoms with Crippen LogP contribution in [0, 0.1) is 0 Å². The van der Waals surface area contributed by atoms with E-state index in [0.717, 1.165) is 16.3 Å². The van der Waals surface area contributed by atoms with Gasteiger partial charge in [0.1, 0.15) is 11.5 Å². The van der Waals surface area contributed by atoms with E-state index in [1.54, 1.807) is 7.11 Å². The standard InChI is InChI=1S/C19H14Cl2N2O3/c1-26-17-7-6-11-4-2-3-5-13(11)15(17)10-22-23-19(25)14-8-12(20)9-16(21)18(14)24/h2-10,24H,1H3,(H,23,25)/b22-10-. The van der Waals surface area contributed by atoms with Crippen LogP contribution in [0.5, 0.6) is 11.5 Å². The van der Waals surface area contributed by atoms with Crippen LogP contribution in [0.4, 0.5) is 0 Å². The molecule has 3 aromatic carbocycles. The third kappa shape index (κ3) is 3.59. The van der Waals surface area contributed by atoms with Crippen molar-refractivity contribution in [1.29, 1.82) is 0 Å². The number of carbonyl (C=O) groups excluding carboxylic acids is 1. The fraction of sp³-hybridized carbons (Fsp3) is 0.0526. The summed E-state index contributed by atoms with van der Waals surface area (Å²) in [7, 11) is 1.56. The van der Waals surface area contributed by atoms with Crippen LogP contribution < -0.4 is 10.2 Å². The molecule has 3 aromatic rings. The van der Waals surface area contributed by atoms with Crippen molar-refractivity contribution in [3.05, 3.63) is 69.7 Å². The van der Waals surface area contributed by atoms with E-state index in [-0.39, 0.29) is 21.4 Å².